The highest BCUT2D eigenvalue weighted by molar-refractivity contribution is 7.89. The number of aryl methyl sites for hydroxylation is 1. The van der Waals surface area contributed by atoms with Crippen molar-refractivity contribution >= 4 is 15.7 Å². The van der Waals surface area contributed by atoms with Gasteiger partial charge in [0.1, 0.15) is 0 Å². The predicted octanol–water partition coefficient (Wildman–Crippen LogP) is 1.94. The molecule has 0 saturated heterocycles. The third-order valence-corrected chi connectivity index (χ3v) is 4.37. The molecule has 0 heterocycles. The molecule has 0 aliphatic heterocycles. The Bertz CT molecular complexity index is 540. The Balaban J connectivity index is 3.21. The summed E-state index contributed by atoms with van der Waals surface area (Å²) in [5, 5.41) is 0. The molecule has 18 heavy (non-hydrogen) atoms. The molecule has 0 radical (unpaired) electrons. The van der Waals surface area contributed by atoms with Gasteiger partial charge in [-0.1, -0.05) is 12.2 Å². The van der Waals surface area contributed by atoms with Gasteiger partial charge in [0.05, 0.1) is 4.90 Å². The summed E-state index contributed by atoms with van der Waals surface area (Å²) in [5.41, 5.74) is 7.01. The third kappa shape index (κ3) is 3.00. The lowest BCUT2D eigenvalue weighted by atomic mass is 10.2. The monoisotopic (exact) mass is 266 g/mol. The second kappa shape index (κ2) is 5.84. The summed E-state index contributed by atoms with van der Waals surface area (Å²) in [6.45, 7) is 9.40. The summed E-state index contributed by atoms with van der Waals surface area (Å²) >= 11 is 0. The first-order chi connectivity index (χ1) is 8.43. The molecule has 0 atom stereocenters. The summed E-state index contributed by atoms with van der Waals surface area (Å²) < 4.78 is 26.0. The fourth-order valence-corrected chi connectivity index (χ4v) is 2.98. The zero-order valence-electron chi connectivity index (χ0n) is 10.5. The number of benzene rings is 1. The maximum Gasteiger partial charge on any atom is 0.243 e. The maximum absolute atomic E-state index is 12.4. The number of anilines is 1. The predicted molar refractivity (Wildman–Crippen MR) is 74.7 cm³/mol. The zero-order valence-corrected chi connectivity index (χ0v) is 11.3. The third-order valence-electron chi connectivity index (χ3n) is 2.54. The van der Waals surface area contributed by atoms with E-state index in [0.717, 1.165) is 5.56 Å². The topological polar surface area (TPSA) is 63.4 Å². The van der Waals surface area contributed by atoms with Gasteiger partial charge in [0.25, 0.3) is 0 Å². The summed E-state index contributed by atoms with van der Waals surface area (Å²) in [7, 11) is -3.53. The van der Waals surface area contributed by atoms with Crippen LogP contribution in [0.1, 0.15) is 5.56 Å². The van der Waals surface area contributed by atoms with E-state index in [1.54, 1.807) is 31.2 Å². The molecule has 1 aromatic rings. The van der Waals surface area contributed by atoms with Crippen molar-refractivity contribution in [2.24, 2.45) is 0 Å². The normalized spacial score (nSPS) is 11.4. The van der Waals surface area contributed by atoms with Crippen LogP contribution in [0, 0.1) is 6.92 Å². The number of hydrogen-bond acceptors (Lipinski definition) is 3. The van der Waals surface area contributed by atoms with Crippen molar-refractivity contribution in [2.45, 2.75) is 11.8 Å². The molecule has 0 amide bonds. The summed E-state index contributed by atoms with van der Waals surface area (Å²) in [6.07, 6.45) is 3.09. The highest BCUT2D eigenvalue weighted by Gasteiger charge is 2.22. The lowest BCUT2D eigenvalue weighted by molar-refractivity contribution is 0.474. The number of rotatable bonds is 6. The number of hydrogen-bond donors (Lipinski definition) is 1. The first-order valence-corrected chi connectivity index (χ1v) is 6.95. The molecule has 0 saturated carbocycles. The first-order valence-electron chi connectivity index (χ1n) is 5.51. The van der Waals surface area contributed by atoms with Crippen LogP contribution in [0.3, 0.4) is 0 Å². The molecule has 0 bridgehead atoms. The van der Waals surface area contributed by atoms with Gasteiger partial charge in [0.15, 0.2) is 0 Å². The Kier molecular flexibility index (Phi) is 4.69. The van der Waals surface area contributed by atoms with Crippen LogP contribution in [-0.2, 0) is 10.0 Å². The Morgan fingerprint density at radius 3 is 2.28 bits per heavy atom. The fraction of sp³-hybridized carbons (Fsp3) is 0.231. The van der Waals surface area contributed by atoms with E-state index in [1.165, 1.54) is 10.4 Å². The van der Waals surface area contributed by atoms with Crippen LogP contribution in [0.4, 0.5) is 5.69 Å². The Morgan fingerprint density at radius 2 is 1.83 bits per heavy atom. The highest BCUT2D eigenvalue weighted by Crippen LogP contribution is 2.20. The van der Waals surface area contributed by atoms with E-state index in [9.17, 15) is 8.42 Å². The van der Waals surface area contributed by atoms with Crippen LogP contribution in [0.2, 0.25) is 0 Å². The van der Waals surface area contributed by atoms with Crippen molar-refractivity contribution in [1.82, 2.24) is 4.31 Å². The van der Waals surface area contributed by atoms with Gasteiger partial charge in [-0.25, -0.2) is 8.42 Å². The average molecular weight is 266 g/mol. The van der Waals surface area contributed by atoms with Gasteiger partial charge in [-0.2, -0.15) is 4.31 Å². The Morgan fingerprint density at radius 1 is 1.28 bits per heavy atom. The van der Waals surface area contributed by atoms with Crippen LogP contribution in [0.15, 0.2) is 48.4 Å². The van der Waals surface area contributed by atoms with Crippen molar-refractivity contribution in [2.75, 3.05) is 18.8 Å². The van der Waals surface area contributed by atoms with Crippen molar-refractivity contribution in [3.8, 4) is 0 Å². The first kappa shape index (κ1) is 14.5. The van der Waals surface area contributed by atoms with Crippen LogP contribution >= 0.6 is 0 Å². The molecule has 0 fully saturated rings. The molecule has 0 aliphatic carbocycles. The van der Waals surface area contributed by atoms with E-state index in [-0.39, 0.29) is 18.0 Å². The molecule has 2 N–H and O–H groups in total. The summed E-state index contributed by atoms with van der Waals surface area (Å²) in [6, 6.07) is 4.68. The number of sulfonamides is 1. The van der Waals surface area contributed by atoms with Crippen molar-refractivity contribution in [3.63, 3.8) is 0 Å². The highest BCUT2D eigenvalue weighted by atomic mass is 32.2. The zero-order chi connectivity index (χ0) is 13.8. The molecule has 0 aromatic heterocycles. The van der Waals surface area contributed by atoms with Gasteiger partial charge >= 0.3 is 0 Å². The minimum atomic E-state index is -3.53. The summed E-state index contributed by atoms with van der Waals surface area (Å²) in [4.78, 5) is 0.234. The molecule has 1 aromatic carbocycles. The lowest BCUT2D eigenvalue weighted by Gasteiger charge is -2.19. The van der Waals surface area contributed by atoms with E-state index in [2.05, 4.69) is 13.2 Å². The number of nitrogen functional groups attached to an aromatic ring is 1. The van der Waals surface area contributed by atoms with E-state index in [4.69, 9.17) is 5.73 Å². The van der Waals surface area contributed by atoms with E-state index in [0.29, 0.717) is 5.69 Å². The van der Waals surface area contributed by atoms with Crippen LogP contribution in [0.5, 0.6) is 0 Å². The van der Waals surface area contributed by atoms with Crippen LogP contribution < -0.4 is 5.73 Å². The van der Waals surface area contributed by atoms with E-state index in [1.807, 2.05) is 0 Å². The average Bonchev–Trinajstić information content (AvgIpc) is 2.32. The van der Waals surface area contributed by atoms with Crippen molar-refractivity contribution in [1.29, 1.82) is 0 Å². The minimum Gasteiger partial charge on any atom is -0.399 e. The molecular formula is C13H18N2O2S. The van der Waals surface area contributed by atoms with Crippen molar-refractivity contribution < 1.29 is 8.42 Å². The quantitative estimate of drug-likeness (QED) is 0.632. The molecule has 4 nitrogen and oxygen atoms in total. The SMILES string of the molecule is C=CCN(CC=C)S(=O)(=O)c1ccc(N)c(C)c1. The van der Waals surface area contributed by atoms with Crippen LogP contribution in [0.25, 0.3) is 0 Å². The van der Waals surface area contributed by atoms with Gasteiger partial charge in [-0.3, -0.25) is 0 Å². The Hall–Kier alpha value is -1.59. The molecule has 98 valence electrons. The summed E-state index contributed by atoms with van der Waals surface area (Å²) in [5.74, 6) is 0. The minimum absolute atomic E-state index is 0.234. The molecule has 1 rings (SSSR count). The smallest absolute Gasteiger partial charge is 0.243 e. The Labute approximate surface area is 108 Å². The molecule has 0 spiro atoms. The van der Waals surface area contributed by atoms with E-state index < -0.39 is 10.0 Å². The van der Waals surface area contributed by atoms with Gasteiger partial charge in [0, 0.05) is 18.8 Å². The van der Waals surface area contributed by atoms with Gasteiger partial charge in [-0.05, 0) is 30.7 Å². The number of nitrogens with zero attached hydrogens (tertiary/aromatic N) is 1. The second-order valence-electron chi connectivity index (χ2n) is 3.92. The fourth-order valence-electron chi connectivity index (χ4n) is 1.52. The molecule has 0 aliphatic rings. The van der Waals surface area contributed by atoms with Gasteiger partial charge in [-0.15, -0.1) is 13.2 Å². The maximum atomic E-state index is 12.4. The molecule has 0 unspecified atom stereocenters. The molecule has 5 heteroatoms. The van der Waals surface area contributed by atoms with Gasteiger partial charge < -0.3 is 5.73 Å². The van der Waals surface area contributed by atoms with Gasteiger partial charge in [0.2, 0.25) is 10.0 Å². The van der Waals surface area contributed by atoms with Crippen LogP contribution in [-0.4, -0.2) is 25.8 Å². The van der Waals surface area contributed by atoms with Crippen molar-refractivity contribution in [3.05, 3.63) is 49.1 Å². The van der Waals surface area contributed by atoms with E-state index >= 15 is 0 Å². The lowest BCUT2D eigenvalue weighted by Crippen LogP contribution is -2.31. The largest absolute Gasteiger partial charge is 0.399 e. The standard InChI is InChI=1S/C13H18N2O2S/c1-4-8-15(9-5-2)18(16,17)12-6-7-13(14)11(3)10-12/h4-7,10H,1-2,8-9,14H2,3H3. The molecular weight excluding hydrogens is 248 g/mol. The second-order valence-corrected chi connectivity index (χ2v) is 5.86. The number of nitrogens with two attached hydrogens (primary N) is 1.